The molecule has 122 valence electrons. The quantitative estimate of drug-likeness (QED) is 0.591. The van der Waals surface area contributed by atoms with Crippen LogP contribution in [-0.4, -0.2) is 14.5 Å². The maximum atomic E-state index is 11.7. The van der Waals surface area contributed by atoms with E-state index >= 15 is 0 Å². The number of anilines is 1. The molecule has 1 aromatic carbocycles. The number of nitrogen functional groups attached to an aromatic ring is 1. The molecule has 1 heterocycles. The summed E-state index contributed by atoms with van der Waals surface area (Å²) in [6.45, 7) is 0. The number of nitrogens with zero attached hydrogens (tertiary/aromatic N) is 3. The van der Waals surface area contributed by atoms with Gasteiger partial charge in [0.2, 0.25) is 5.95 Å². The molecule has 4 rings (SSSR count). The summed E-state index contributed by atoms with van der Waals surface area (Å²) < 4.78 is 1.90. The molecule has 2 aliphatic rings. The SMILES string of the molecule is C1=CC2=CC=C1C2.NNc1ncn(-c2c(Cl)cccc2Br)c(=O)n1. The van der Waals surface area contributed by atoms with Crippen molar-refractivity contribution in [3.05, 3.63) is 80.0 Å². The number of para-hydroxylation sites is 1. The summed E-state index contributed by atoms with van der Waals surface area (Å²) in [6.07, 6.45) is 11.2. The van der Waals surface area contributed by atoms with Crippen LogP contribution in [0.15, 0.2) is 69.2 Å². The lowest BCUT2D eigenvalue weighted by atomic mass is 10.3. The van der Waals surface area contributed by atoms with Crippen LogP contribution in [0.4, 0.5) is 5.95 Å². The normalized spacial score (nSPS) is 14.0. The van der Waals surface area contributed by atoms with Crippen molar-refractivity contribution in [3.63, 3.8) is 0 Å². The molecule has 0 fully saturated rings. The second-order valence-electron chi connectivity index (χ2n) is 5.04. The van der Waals surface area contributed by atoms with E-state index in [9.17, 15) is 4.79 Å². The van der Waals surface area contributed by atoms with Crippen LogP contribution in [0.3, 0.4) is 0 Å². The minimum absolute atomic E-state index is 0.0504. The molecule has 0 unspecified atom stereocenters. The Balaban J connectivity index is 0.000000198. The van der Waals surface area contributed by atoms with Crippen LogP contribution >= 0.6 is 27.5 Å². The van der Waals surface area contributed by atoms with Gasteiger partial charge in [0.1, 0.15) is 6.33 Å². The number of fused-ring (bicyclic) bond motifs is 2. The van der Waals surface area contributed by atoms with E-state index in [1.165, 1.54) is 28.5 Å². The molecule has 24 heavy (non-hydrogen) atoms. The number of rotatable bonds is 2. The van der Waals surface area contributed by atoms with Crippen LogP contribution in [0.5, 0.6) is 0 Å². The van der Waals surface area contributed by atoms with E-state index in [0.717, 1.165) is 0 Å². The number of halogens is 2. The van der Waals surface area contributed by atoms with Crippen LogP contribution < -0.4 is 17.0 Å². The largest absolute Gasteiger partial charge is 0.356 e. The zero-order chi connectivity index (χ0) is 17.1. The molecule has 0 saturated heterocycles. The number of hydrogen-bond donors (Lipinski definition) is 2. The molecule has 0 radical (unpaired) electrons. The zero-order valence-electron chi connectivity index (χ0n) is 12.4. The van der Waals surface area contributed by atoms with E-state index in [-0.39, 0.29) is 5.95 Å². The number of allylic oxidation sites excluding steroid dienone is 6. The number of benzene rings is 1. The number of hydrogen-bond acceptors (Lipinski definition) is 5. The van der Waals surface area contributed by atoms with Gasteiger partial charge in [-0.25, -0.2) is 20.2 Å². The first kappa shape index (κ1) is 16.6. The Labute approximate surface area is 151 Å². The van der Waals surface area contributed by atoms with Gasteiger partial charge in [-0.1, -0.05) is 42.0 Å². The van der Waals surface area contributed by atoms with Crippen LogP contribution in [0, 0.1) is 0 Å². The smallest absolute Gasteiger partial charge is 0.292 e. The Morgan fingerprint density at radius 3 is 2.42 bits per heavy atom. The Hall–Kier alpha value is -2.22. The van der Waals surface area contributed by atoms with Crippen LogP contribution in [0.1, 0.15) is 6.42 Å². The highest BCUT2D eigenvalue weighted by Gasteiger charge is 2.10. The van der Waals surface area contributed by atoms with E-state index in [1.54, 1.807) is 18.2 Å². The average molecular weight is 407 g/mol. The van der Waals surface area contributed by atoms with Gasteiger partial charge in [-0.05, 0) is 45.6 Å². The second kappa shape index (κ2) is 7.12. The molecule has 2 bridgehead atoms. The third kappa shape index (κ3) is 3.48. The lowest BCUT2D eigenvalue weighted by Gasteiger charge is -2.09. The van der Waals surface area contributed by atoms with Crippen molar-refractivity contribution in [3.8, 4) is 5.69 Å². The van der Waals surface area contributed by atoms with Crippen LogP contribution in [0.25, 0.3) is 5.69 Å². The van der Waals surface area contributed by atoms with Gasteiger partial charge in [-0.15, -0.1) is 0 Å². The van der Waals surface area contributed by atoms with Crippen molar-refractivity contribution in [1.82, 2.24) is 14.5 Å². The summed E-state index contributed by atoms with van der Waals surface area (Å²) in [4.78, 5) is 19.2. The van der Waals surface area contributed by atoms with Gasteiger partial charge in [0.05, 0.1) is 10.7 Å². The van der Waals surface area contributed by atoms with Crippen molar-refractivity contribution in [2.24, 2.45) is 5.84 Å². The number of aromatic nitrogens is 3. The monoisotopic (exact) mass is 405 g/mol. The van der Waals surface area contributed by atoms with Gasteiger partial charge in [0.15, 0.2) is 0 Å². The molecular weight excluding hydrogens is 394 g/mol. The molecule has 0 amide bonds. The highest BCUT2D eigenvalue weighted by molar-refractivity contribution is 9.10. The van der Waals surface area contributed by atoms with E-state index in [4.69, 9.17) is 17.4 Å². The molecule has 2 aliphatic carbocycles. The van der Waals surface area contributed by atoms with Gasteiger partial charge >= 0.3 is 5.69 Å². The van der Waals surface area contributed by atoms with Gasteiger partial charge in [0, 0.05) is 4.47 Å². The summed E-state index contributed by atoms with van der Waals surface area (Å²) in [7, 11) is 0. The lowest BCUT2D eigenvalue weighted by molar-refractivity contribution is 0.856. The summed E-state index contributed by atoms with van der Waals surface area (Å²) in [6, 6.07) is 5.20. The highest BCUT2D eigenvalue weighted by atomic mass is 79.9. The molecule has 2 aromatic rings. The fraction of sp³-hybridized carbons (Fsp3) is 0.0625. The molecule has 3 N–H and O–H groups in total. The first-order valence-electron chi connectivity index (χ1n) is 7.03. The van der Waals surface area contributed by atoms with Gasteiger partial charge < -0.3 is 0 Å². The lowest BCUT2D eigenvalue weighted by Crippen LogP contribution is -2.25. The molecule has 0 aliphatic heterocycles. The molecular formula is C16H13BrClN5O. The number of nitrogens with one attached hydrogen (secondary N) is 1. The molecule has 1 aromatic heterocycles. The van der Waals surface area contributed by atoms with Crippen molar-refractivity contribution in [2.45, 2.75) is 6.42 Å². The molecule has 6 nitrogen and oxygen atoms in total. The Bertz CT molecular complexity index is 892. The first-order chi connectivity index (χ1) is 11.6. The summed E-state index contributed by atoms with van der Waals surface area (Å²) in [5.74, 6) is 5.16. The van der Waals surface area contributed by atoms with Crippen molar-refractivity contribution < 1.29 is 0 Å². The Morgan fingerprint density at radius 1 is 1.25 bits per heavy atom. The minimum Gasteiger partial charge on any atom is -0.292 e. The average Bonchev–Trinajstić information content (AvgIpc) is 3.22. The van der Waals surface area contributed by atoms with E-state index in [2.05, 4.69) is 55.6 Å². The fourth-order valence-corrected chi connectivity index (χ4v) is 3.22. The third-order valence-corrected chi connectivity index (χ3v) is 4.39. The van der Waals surface area contributed by atoms with E-state index in [1.807, 2.05) is 0 Å². The van der Waals surface area contributed by atoms with E-state index < -0.39 is 5.69 Å². The van der Waals surface area contributed by atoms with Gasteiger partial charge in [0.25, 0.3) is 0 Å². The van der Waals surface area contributed by atoms with Gasteiger partial charge in [-0.3, -0.25) is 5.43 Å². The highest BCUT2D eigenvalue weighted by Crippen LogP contribution is 2.28. The number of nitrogens with two attached hydrogens (primary N) is 1. The van der Waals surface area contributed by atoms with Crippen molar-refractivity contribution in [1.29, 1.82) is 0 Å². The number of hydrazine groups is 1. The first-order valence-corrected chi connectivity index (χ1v) is 8.20. The molecule has 0 saturated carbocycles. The Morgan fingerprint density at radius 2 is 1.96 bits per heavy atom. The van der Waals surface area contributed by atoms with Crippen molar-refractivity contribution >= 4 is 33.5 Å². The minimum atomic E-state index is -0.526. The second-order valence-corrected chi connectivity index (χ2v) is 6.30. The topological polar surface area (TPSA) is 85.8 Å². The summed E-state index contributed by atoms with van der Waals surface area (Å²) in [5.41, 5.74) is 5.09. The summed E-state index contributed by atoms with van der Waals surface area (Å²) >= 11 is 9.34. The standard InChI is InChI=1S/C9H7BrClN5O.C7H6/c10-5-2-1-3-6(11)7(5)16-4-13-8(15-12)14-9(16)17;1-2-7-4-3-6(1)5-7/h1-4H,12H2,(H,14,15,17);1-4H,5H2. The fourth-order valence-electron chi connectivity index (χ4n) is 2.29. The third-order valence-electron chi connectivity index (χ3n) is 3.44. The van der Waals surface area contributed by atoms with Crippen molar-refractivity contribution in [2.75, 3.05) is 5.43 Å². The predicted octanol–water partition coefficient (Wildman–Crippen LogP) is 3.14. The maximum Gasteiger partial charge on any atom is 0.356 e. The zero-order valence-corrected chi connectivity index (χ0v) is 14.8. The maximum absolute atomic E-state index is 11.7. The Kier molecular flexibility index (Phi) is 4.94. The summed E-state index contributed by atoms with van der Waals surface area (Å²) in [5, 5.41) is 0.415. The molecule has 8 heteroatoms. The van der Waals surface area contributed by atoms with Crippen LogP contribution in [0.2, 0.25) is 5.02 Å². The molecule has 0 atom stereocenters. The van der Waals surface area contributed by atoms with Crippen LogP contribution in [-0.2, 0) is 0 Å². The molecule has 0 spiro atoms. The van der Waals surface area contributed by atoms with E-state index in [0.29, 0.717) is 15.2 Å². The predicted molar refractivity (Wildman–Crippen MR) is 98.1 cm³/mol. The van der Waals surface area contributed by atoms with Gasteiger partial charge in [-0.2, -0.15) is 4.98 Å².